The first-order valence-corrected chi connectivity index (χ1v) is 10.1. The van der Waals surface area contributed by atoms with Gasteiger partial charge in [0.2, 0.25) is 0 Å². The molecule has 1 aliphatic rings. The molecule has 3 N–H and O–H groups in total. The standard InChI is InChI=1S/C20H18F5N5O.CH2O2/c21-19(22)31-16-8-11(20(23,24)25)3-4-14(16)17-15-10-27-7-5-13(15)18(30-29-17)28-12-2-1-6-26-9-12;2-1-3/h3-5,7-8,10,12,19,26H,1-2,6,9H2,(H,28,30);1H,(H,2,3)/t12-;/m1./s1. The molecule has 0 saturated carbocycles. The molecule has 1 atom stereocenters. The van der Waals surface area contributed by atoms with Gasteiger partial charge in [-0.3, -0.25) is 9.78 Å². The summed E-state index contributed by atoms with van der Waals surface area (Å²) in [6, 6.07) is 4.19. The number of piperidine rings is 1. The van der Waals surface area contributed by atoms with Crippen LogP contribution in [0, 0.1) is 0 Å². The van der Waals surface area contributed by atoms with E-state index in [2.05, 4.69) is 30.6 Å². The number of rotatable bonds is 5. The summed E-state index contributed by atoms with van der Waals surface area (Å²) in [4.78, 5) is 12.4. The zero-order chi connectivity index (χ0) is 24.7. The second-order valence-corrected chi connectivity index (χ2v) is 7.20. The summed E-state index contributed by atoms with van der Waals surface area (Å²) in [5.74, 6) is -0.153. The third kappa shape index (κ3) is 6.04. The third-order valence-corrected chi connectivity index (χ3v) is 5.00. The highest BCUT2D eigenvalue weighted by Crippen LogP contribution is 2.39. The first kappa shape index (κ1) is 25.0. The molecule has 0 aliphatic carbocycles. The molecule has 0 unspecified atom stereocenters. The summed E-state index contributed by atoms with van der Waals surface area (Å²) < 4.78 is 69.4. The molecule has 1 aromatic carbocycles. The summed E-state index contributed by atoms with van der Waals surface area (Å²) in [6.45, 7) is -1.87. The first-order chi connectivity index (χ1) is 16.2. The topological polar surface area (TPSA) is 109 Å². The lowest BCUT2D eigenvalue weighted by atomic mass is 10.0. The van der Waals surface area contributed by atoms with E-state index in [1.165, 1.54) is 6.20 Å². The van der Waals surface area contributed by atoms with Crippen molar-refractivity contribution in [1.29, 1.82) is 0 Å². The van der Waals surface area contributed by atoms with Crippen LogP contribution in [-0.4, -0.2) is 52.5 Å². The minimum absolute atomic E-state index is 0.0373. The van der Waals surface area contributed by atoms with Gasteiger partial charge in [-0.25, -0.2) is 0 Å². The van der Waals surface area contributed by atoms with Crippen LogP contribution < -0.4 is 15.4 Å². The van der Waals surface area contributed by atoms with Gasteiger partial charge in [-0.05, 0) is 43.7 Å². The monoisotopic (exact) mass is 485 g/mol. The van der Waals surface area contributed by atoms with E-state index in [0.717, 1.165) is 38.1 Å². The molecule has 0 spiro atoms. The van der Waals surface area contributed by atoms with Gasteiger partial charge in [0.15, 0.2) is 5.82 Å². The number of nitrogens with one attached hydrogen (secondary N) is 2. The van der Waals surface area contributed by atoms with Crippen LogP contribution in [0.4, 0.5) is 27.8 Å². The molecule has 1 saturated heterocycles. The number of carbonyl (C=O) groups is 1. The van der Waals surface area contributed by atoms with E-state index in [1.807, 2.05) is 0 Å². The van der Waals surface area contributed by atoms with Gasteiger partial charge in [0.05, 0.1) is 5.56 Å². The highest BCUT2D eigenvalue weighted by molar-refractivity contribution is 6.00. The van der Waals surface area contributed by atoms with E-state index in [1.54, 1.807) is 12.3 Å². The fraction of sp³-hybridized carbons (Fsp3) is 0.333. The van der Waals surface area contributed by atoms with Crippen LogP contribution in [0.2, 0.25) is 0 Å². The maximum atomic E-state index is 13.1. The van der Waals surface area contributed by atoms with Gasteiger partial charge < -0.3 is 20.5 Å². The van der Waals surface area contributed by atoms with Crippen molar-refractivity contribution in [2.75, 3.05) is 18.4 Å². The lowest BCUT2D eigenvalue weighted by Gasteiger charge is -2.24. The zero-order valence-electron chi connectivity index (χ0n) is 17.5. The number of aromatic nitrogens is 3. The van der Waals surface area contributed by atoms with Crippen LogP contribution in [0.1, 0.15) is 18.4 Å². The van der Waals surface area contributed by atoms with E-state index in [0.29, 0.717) is 22.7 Å². The molecule has 4 rings (SSSR count). The molecule has 3 aromatic rings. The number of ether oxygens (including phenoxy) is 1. The SMILES string of the molecule is FC(F)Oc1cc(C(F)(F)F)ccc1-c1nnc(N[C@@H]2CCCNC2)c2ccncc12.O=CO. The first-order valence-electron chi connectivity index (χ1n) is 10.1. The maximum Gasteiger partial charge on any atom is 0.416 e. The fourth-order valence-corrected chi connectivity index (χ4v) is 3.56. The van der Waals surface area contributed by atoms with Gasteiger partial charge in [0.1, 0.15) is 11.4 Å². The molecule has 1 aliphatic heterocycles. The van der Waals surface area contributed by atoms with Crippen molar-refractivity contribution >= 4 is 23.1 Å². The average molecular weight is 485 g/mol. The number of pyridine rings is 1. The second kappa shape index (κ2) is 11.0. The number of fused-ring (bicyclic) bond motifs is 1. The van der Waals surface area contributed by atoms with E-state index < -0.39 is 24.1 Å². The minimum atomic E-state index is -4.71. The Kier molecular flexibility index (Phi) is 8.10. The summed E-state index contributed by atoms with van der Waals surface area (Å²) in [5.41, 5.74) is -1.05. The quantitative estimate of drug-likeness (QED) is 0.365. The number of hydrogen-bond donors (Lipinski definition) is 3. The molecule has 182 valence electrons. The van der Waals surface area contributed by atoms with Gasteiger partial charge >= 0.3 is 12.8 Å². The smallest absolute Gasteiger partial charge is 0.416 e. The largest absolute Gasteiger partial charge is 0.483 e. The number of nitrogens with zero attached hydrogens (tertiary/aromatic N) is 3. The lowest BCUT2D eigenvalue weighted by molar-refractivity contribution is -0.138. The van der Waals surface area contributed by atoms with Gasteiger partial charge in [-0.2, -0.15) is 22.0 Å². The highest BCUT2D eigenvalue weighted by atomic mass is 19.4. The Morgan fingerprint density at radius 3 is 2.62 bits per heavy atom. The van der Waals surface area contributed by atoms with E-state index in [-0.39, 0.29) is 23.8 Å². The summed E-state index contributed by atoms with van der Waals surface area (Å²) in [5, 5.41) is 22.9. The normalized spacial score (nSPS) is 16.0. The molecule has 13 heteroatoms. The Balaban J connectivity index is 0.00000103. The van der Waals surface area contributed by atoms with Crippen molar-refractivity contribution in [2.45, 2.75) is 31.7 Å². The van der Waals surface area contributed by atoms with Crippen molar-refractivity contribution in [3.63, 3.8) is 0 Å². The second-order valence-electron chi connectivity index (χ2n) is 7.20. The molecule has 34 heavy (non-hydrogen) atoms. The lowest BCUT2D eigenvalue weighted by Crippen LogP contribution is -2.38. The van der Waals surface area contributed by atoms with Crippen molar-refractivity contribution in [3.8, 4) is 17.0 Å². The number of hydrogen-bond acceptors (Lipinski definition) is 7. The summed E-state index contributed by atoms with van der Waals surface area (Å²) in [7, 11) is 0. The van der Waals surface area contributed by atoms with Crippen LogP contribution in [-0.2, 0) is 11.0 Å². The predicted octanol–water partition coefficient (Wildman–Crippen LogP) is 4.18. The van der Waals surface area contributed by atoms with E-state index in [9.17, 15) is 22.0 Å². The van der Waals surface area contributed by atoms with Crippen LogP contribution in [0.25, 0.3) is 22.0 Å². The van der Waals surface area contributed by atoms with Crippen LogP contribution in [0.15, 0.2) is 36.7 Å². The molecule has 0 amide bonds. The van der Waals surface area contributed by atoms with Gasteiger partial charge in [-0.15, -0.1) is 10.2 Å². The zero-order valence-corrected chi connectivity index (χ0v) is 17.5. The Hall–Kier alpha value is -3.61. The number of benzene rings is 1. The van der Waals surface area contributed by atoms with Crippen LogP contribution in [0.5, 0.6) is 5.75 Å². The van der Waals surface area contributed by atoms with Gasteiger partial charge in [-0.1, -0.05) is 0 Å². The molecule has 0 radical (unpaired) electrons. The van der Waals surface area contributed by atoms with E-state index in [4.69, 9.17) is 9.90 Å². The molecule has 2 aromatic heterocycles. The predicted molar refractivity (Wildman–Crippen MR) is 113 cm³/mol. The van der Waals surface area contributed by atoms with Gasteiger partial charge in [0, 0.05) is 41.3 Å². The number of alkyl halides is 5. The fourth-order valence-electron chi connectivity index (χ4n) is 3.56. The Labute approximate surface area is 190 Å². The third-order valence-electron chi connectivity index (χ3n) is 5.00. The maximum absolute atomic E-state index is 13.1. The molecule has 1 fully saturated rings. The number of carboxylic acid groups (broad SMARTS) is 1. The molecular formula is C21H20F5N5O3. The van der Waals surface area contributed by atoms with Crippen molar-refractivity contribution in [3.05, 3.63) is 42.2 Å². The van der Waals surface area contributed by atoms with E-state index >= 15 is 0 Å². The highest BCUT2D eigenvalue weighted by Gasteiger charge is 2.32. The average Bonchev–Trinajstić information content (AvgIpc) is 2.80. The summed E-state index contributed by atoms with van der Waals surface area (Å²) >= 11 is 0. The van der Waals surface area contributed by atoms with Crippen LogP contribution in [0.3, 0.4) is 0 Å². The Morgan fingerprint density at radius 2 is 1.97 bits per heavy atom. The molecular weight excluding hydrogens is 465 g/mol. The van der Waals surface area contributed by atoms with Gasteiger partial charge in [0.25, 0.3) is 6.47 Å². The van der Waals surface area contributed by atoms with Crippen molar-refractivity contribution < 1.29 is 36.6 Å². The molecule has 0 bridgehead atoms. The molecule has 3 heterocycles. The molecule has 8 nitrogen and oxygen atoms in total. The Morgan fingerprint density at radius 1 is 1.21 bits per heavy atom. The number of anilines is 1. The minimum Gasteiger partial charge on any atom is -0.483 e. The van der Waals surface area contributed by atoms with Crippen molar-refractivity contribution in [1.82, 2.24) is 20.5 Å². The van der Waals surface area contributed by atoms with Crippen LogP contribution >= 0.6 is 0 Å². The summed E-state index contributed by atoms with van der Waals surface area (Å²) in [6.07, 6.45) is 0.238. The van der Waals surface area contributed by atoms with Crippen molar-refractivity contribution in [2.24, 2.45) is 0 Å². The Bertz CT molecular complexity index is 1120. The number of halogens is 5.